The summed E-state index contributed by atoms with van der Waals surface area (Å²) >= 11 is 0. The van der Waals surface area contributed by atoms with E-state index in [0.29, 0.717) is 27.8 Å². The van der Waals surface area contributed by atoms with Gasteiger partial charge in [-0.3, -0.25) is 4.79 Å². The fourth-order valence-corrected chi connectivity index (χ4v) is 6.18. The van der Waals surface area contributed by atoms with Crippen LogP contribution in [0.4, 0.5) is 4.39 Å². The Morgan fingerprint density at radius 1 is 1.06 bits per heavy atom. The number of phenols is 1. The molecule has 5 rings (SSSR count). The van der Waals surface area contributed by atoms with E-state index in [0.717, 1.165) is 12.8 Å². The molecule has 2 saturated carbocycles. The van der Waals surface area contributed by atoms with Crippen LogP contribution in [0.25, 0.3) is 22.4 Å². The second kappa shape index (κ2) is 8.22. The Kier molecular flexibility index (Phi) is 5.46. The number of hydrogen-bond acceptors (Lipinski definition) is 5. The Morgan fingerprint density at radius 2 is 1.79 bits per heavy atom. The van der Waals surface area contributed by atoms with Crippen molar-refractivity contribution in [3.8, 4) is 34.0 Å². The second-order valence-electron chi connectivity index (χ2n) is 10.8. The van der Waals surface area contributed by atoms with Gasteiger partial charge < -0.3 is 14.4 Å². The molecule has 2 heterocycles. The van der Waals surface area contributed by atoms with Crippen molar-refractivity contribution in [1.29, 1.82) is 0 Å². The van der Waals surface area contributed by atoms with Gasteiger partial charge >= 0.3 is 0 Å². The molecule has 34 heavy (non-hydrogen) atoms. The smallest absolute Gasteiger partial charge is 0.250 e. The summed E-state index contributed by atoms with van der Waals surface area (Å²) in [5.74, 6) is -0.489. The molecule has 3 aromatic rings. The van der Waals surface area contributed by atoms with Gasteiger partial charge in [-0.1, -0.05) is 20.3 Å². The normalized spacial score (nSPS) is 26.3. The van der Waals surface area contributed by atoms with E-state index in [1.807, 2.05) is 0 Å². The SMILES string of the molecule is Cn1ccc(-c2cc(O)c(-c3ccc(O[C@H]4C[C@]5(C)CCC[C@](C)(C4)C5)nn3)c(F)c2)cc1=O. The number of aromatic nitrogens is 3. The van der Waals surface area contributed by atoms with Gasteiger partial charge in [-0.2, -0.15) is 0 Å². The highest BCUT2D eigenvalue weighted by Crippen LogP contribution is 2.55. The Hall–Kier alpha value is -3.22. The average Bonchev–Trinajstić information content (AvgIpc) is 2.75. The molecule has 0 amide bonds. The summed E-state index contributed by atoms with van der Waals surface area (Å²) in [6, 6.07) is 9.12. The Balaban J connectivity index is 1.36. The molecule has 0 spiro atoms. The van der Waals surface area contributed by atoms with Crippen molar-refractivity contribution in [2.45, 2.75) is 58.5 Å². The summed E-state index contributed by atoms with van der Waals surface area (Å²) in [5.41, 5.74) is 1.53. The fraction of sp³-hybridized carbons (Fsp3) is 0.444. The summed E-state index contributed by atoms with van der Waals surface area (Å²) in [5, 5.41) is 18.9. The number of ether oxygens (including phenoxy) is 1. The number of nitrogens with zero attached hydrogens (tertiary/aromatic N) is 3. The number of aryl methyl sites for hydroxylation is 1. The first-order chi connectivity index (χ1) is 16.1. The van der Waals surface area contributed by atoms with Gasteiger partial charge in [-0.25, -0.2) is 4.39 Å². The Bertz CT molecular complexity index is 1250. The molecule has 7 heteroatoms. The van der Waals surface area contributed by atoms with Crippen molar-refractivity contribution < 1.29 is 14.2 Å². The highest BCUT2D eigenvalue weighted by molar-refractivity contribution is 5.74. The lowest BCUT2D eigenvalue weighted by Gasteiger charge is -2.51. The maximum absolute atomic E-state index is 15.0. The van der Waals surface area contributed by atoms with E-state index < -0.39 is 5.82 Å². The van der Waals surface area contributed by atoms with E-state index in [4.69, 9.17) is 4.74 Å². The third kappa shape index (κ3) is 4.31. The van der Waals surface area contributed by atoms with Gasteiger partial charge in [-0.05, 0) is 78.3 Å². The van der Waals surface area contributed by atoms with Gasteiger partial charge in [0.25, 0.3) is 5.56 Å². The number of fused-ring (bicyclic) bond motifs is 2. The third-order valence-electron chi connectivity index (χ3n) is 7.55. The molecule has 0 aliphatic heterocycles. The molecular formula is C27H30FN3O3. The van der Waals surface area contributed by atoms with Gasteiger partial charge in [0.05, 0.1) is 11.3 Å². The lowest BCUT2D eigenvalue weighted by Crippen LogP contribution is -2.45. The first-order valence-electron chi connectivity index (χ1n) is 11.8. The standard InChI is InChI=1S/C27H30FN3O3/c1-26-8-4-9-27(2,16-26)15-19(14-26)34-23-6-5-21(29-30-23)25-20(28)11-18(12-22(25)32)17-7-10-31(3)24(33)13-17/h5-7,10-13,19,32H,4,8-9,14-16H2,1-3H3/t19-,26-,27+. The maximum atomic E-state index is 15.0. The molecule has 2 aromatic heterocycles. The van der Waals surface area contributed by atoms with Crippen molar-refractivity contribution >= 4 is 0 Å². The van der Waals surface area contributed by atoms with Crippen molar-refractivity contribution in [2.75, 3.05) is 0 Å². The quantitative estimate of drug-likeness (QED) is 0.554. The third-order valence-corrected chi connectivity index (χ3v) is 7.55. The van der Waals surface area contributed by atoms with E-state index in [1.165, 1.54) is 48.4 Å². The lowest BCUT2D eigenvalue weighted by atomic mass is 9.55. The van der Waals surface area contributed by atoms with Gasteiger partial charge in [0.2, 0.25) is 5.88 Å². The minimum Gasteiger partial charge on any atom is -0.507 e. The van der Waals surface area contributed by atoms with Gasteiger partial charge in [0.15, 0.2) is 0 Å². The van der Waals surface area contributed by atoms with Crippen LogP contribution in [0.15, 0.2) is 47.4 Å². The van der Waals surface area contributed by atoms with Gasteiger partial charge in [-0.15, -0.1) is 10.2 Å². The summed E-state index contributed by atoms with van der Waals surface area (Å²) in [6.45, 7) is 4.72. The van der Waals surface area contributed by atoms with Crippen LogP contribution in [-0.4, -0.2) is 26.0 Å². The molecule has 3 atom stereocenters. The van der Waals surface area contributed by atoms with Crippen LogP contribution in [0.5, 0.6) is 11.6 Å². The molecule has 0 saturated heterocycles. The monoisotopic (exact) mass is 463 g/mol. The van der Waals surface area contributed by atoms with Crippen LogP contribution >= 0.6 is 0 Å². The summed E-state index contributed by atoms with van der Waals surface area (Å²) < 4.78 is 22.6. The van der Waals surface area contributed by atoms with Crippen LogP contribution in [0, 0.1) is 16.6 Å². The summed E-state index contributed by atoms with van der Waals surface area (Å²) in [6.07, 6.45) is 8.70. The lowest BCUT2D eigenvalue weighted by molar-refractivity contribution is -0.0421. The fourth-order valence-electron chi connectivity index (χ4n) is 6.18. The number of aromatic hydroxyl groups is 1. The van der Waals surface area contributed by atoms with E-state index in [-0.39, 0.29) is 28.7 Å². The molecule has 0 radical (unpaired) electrons. The van der Waals surface area contributed by atoms with Crippen molar-refractivity contribution in [2.24, 2.45) is 17.9 Å². The number of halogens is 1. The van der Waals surface area contributed by atoms with Gasteiger partial charge in [0.1, 0.15) is 17.7 Å². The molecule has 0 unspecified atom stereocenters. The van der Waals surface area contributed by atoms with Crippen molar-refractivity contribution in [3.05, 3.63) is 58.8 Å². The molecule has 2 aliphatic rings. The summed E-state index contributed by atoms with van der Waals surface area (Å²) in [4.78, 5) is 11.9. The van der Waals surface area contributed by atoms with Crippen LogP contribution < -0.4 is 10.3 Å². The first kappa shape index (κ1) is 22.6. The zero-order valence-electron chi connectivity index (χ0n) is 19.8. The number of phenolic OH excluding ortho intramolecular Hbond substituents is 1. The highest BCUT2D eigenvalue weighted by Gasteiger charge is 2.47. The molecule has 2 fully saturated rings. The predicted molar refractivity (Wildman–Crippen MR) is 128 cm³/mol. The molecule has 1 N–H and O–H groups in total. The number of benzene rings is 1. The topological polar surface area (TPSA) is 77.2 Å². The summed E-state index contributed by atoms with van der Waals surface area (Å²) in [7, 11) is 1.64. The highest BCUT2D eigenvalue weighted by atomic mass is 19.1. The molecule has 2 aliphatic carbocycles. The largest absolute Gasteiger partial charge is 0.507 e. The van der Waals surface area contributed by atoms with E-state index in [1.54, 1.807) is 31.4 Å². The molecule has 1 aromatic carbocycles. The number of hydrogen-bond donors (Lipinski definition) is 1. The van der Waals surface area contributed by atoms with Crippen molar-refractivity contribution in [3.63, 3.8) is 0 Å². The average molecular weight is 464 g/mol. The van der Waals surface area contributed by atoms with Crippen LogP contribution in [0.1, 0.15) is 52.4 Å². The van der Waals surface area contributed by atoms with Gasteiger partial charge in [0, 0.05) is 25.4 Å². The van der Waals surface area contributed by atoms with E-state index in [9.17, 15) is 9.90 Å². The predicted octanol–water partition coefficient (Wildman–Crippen LogP) is 5.48. The zero-order valence-corrected chi connectivity index (χ0v) is 19.8. The number of pyridine rings is 1. The molecular weight excluding hydrogens is 433 g/mol. The molecule has 6 nitrogen and oxygen atoms in total. The van der Waals surface area contributed by atoms with Crippen LogP contribution in [0.2, 0.25) is 0 Å². The van der Waals surface area contributed by atoms with E-state index in [2.05, 4.69) is 24.0 Å². The Morgan fingerprint density at radius 3 is 2.41 bits per heavy atom. The molecule has 178 valence electrons. The zero-order chi connectivity index (χ0) is 24.1. The van der Waals surface area contributed by atoms with Crippen LogP contribution in [0.3, 0.4) is 0 Å². The number of rotatable bonds is 4. The molecule has 2 bridgehead atoms. The minimum atomic E-state index is -0.639. The van der Waals surface area contributed by atoms with Crippen molar-refractivity contribution in [1.82, 2.24) is 14.8 Å². The second-order valence-corrected chi connectivity index (χ2v) is 10.8. The van der Waals surface area contributed by atoms with E-state index >= 15 is 4.39 Å². The maximum Gasteiger partial charge on any atom is 0.250 e. The minimum absolute atomic E-state index is 0.0288. The Labute approximate surface area is 198 Å². The first-order valence-corrected chi connectivity index (χ1v) is 11.8. The van der Waals surface area contributed by atoms with Crippen LogP contribution in [-0.2, 0) is 7.05 Å².